The first-order valence-electron chi connectivity index (χ1n) is 6.94. The topological polar surface area (TPSA) is 18.5 Å². The maximum Gasteiger partial charge on any atom is 0.135 e. The normalized spacial score (nSPS) is 10.3. The number of benzene rings is 3. The van der Waals surface area contributed by atoms with Gasteiger partial charge in [-0.05, 0) is 64.6 Å². The highest BCUT2D eigenvalue weighted by Gasteiger charge is 2.09. The maximum absolute atomic E-state index is 6.06. The van der Waals surface area contributed by atoms with Crippen LogP contribution in [-0.4, -0.2) is 7.11 Å². The van der Waals surface area contributed by atoms with E-state index in [1.165, 1.54) is 9.13 Å². The summed E-state index contributed by atoms with van der Waals surface area (Å²) in [5.74, 6) is 2.45. The van der Waals surface area contributed by atoms with E-state index in [0.29, 0.717) is 0 Å². The molecule has 0 atom stereocenters. The van der Waals surface area contributed by atoms with Crippen molar-refractivity contribution in [2.45, 2.75) is 0 Å². The molecule has 0 radical (unpaired) electrons. The van der Waals surface area contributed by atoms with E-state index in [2.05, 4.69) is 40.8 Å². The first-order chi connectivity index (χ1) is 10.8. The Morgan fingerprint density at radius 2 is 1.27 bits per heavy atom. The molecule has 0 aromatic heterocycles. The molecular weight excluding hydrogens is 387 g/mol. The molecule has 0 heterocycles. The van der Waals surface area contributed by atoms with Crippen molar-refractivity contribution in [1.29, 1.82) is 0 Å². The lowest BCUT2D eigenvalue weighted by Crippen LogP contribution is -1.90. The summed E-state index contributed by atoms with van der Waals surface area (Å²) < 4.78 is 12.4. The Morgan fingerprint density at radius 1 is 0.682 bits per heavy atom. The Kier molecular flexibility index (Phi) is 4.63. The van der Waals surface area contributed by atoms with Gasteiger partial charge in [0.25, 0.3) is 0 Å². The molecule has 3 rings (SSSR count). The van der Waals surface area contributed by atoms with Crippen LogP contribution in [0.4, 0.5) is 0 Å². The number of ether oxygens (including phenoxy) is 2. The van der Waals surface area contributed by atoms with E-state index >= 15 is 0 Å². The molecule has 3 aromatic rings. The van der Waals surface area contributed by atoms with Crippen molar-refractivity contribution in [2.75, 3.05) is 7.11 Å². The number of hydrogen-bond acceptors (Lipinski definition) is 2. The minimum Gasteiger partial charge on any atom is -0.497 e. The van der Waals surface area contributed by atoms with Crippen LogP contribution >= 0.6 is 22.6 Å². The Morgan fingerprint density at radius 3 is 1.95 bits per heavy atom. The fourth-order valence-electron chi connectivity index (χ4n) is 2.23. The number of rotatable bonds is 4. The number of halogens is 1. The Labute approximate surface area is 143 Å². The smallest absolute Gasteiger partial charge is 0.135 e. The van der Waals surface area contributed by atoms with Crippen LogP contribution in [0.15, 0.2) is 72.8 Å². The second-order valence-electron chi connectivity index (χ2n) is 4.75. The Bertz CT molecular complexity index is 766. The van der Waals surface area contributed by atoms with Gasteiger partial charge < -0.3 is 9.47 Å². The average Bonchev–Trinajstić information content (AvgIpc) is 2.57. The molecule has 0 amide bonds. The Balaban J connectivity index is 1.96. The van der Waals surface area contributed by atoms with Gasteiger partial charge in [-0.15, -0.1) is 0 Å². The summed E-state index contributed by atoms with van der Waals surface area (Å²) in [6, 6.07) is 24.0. The van der Waals surface area contributed by atoms with Gasteiger partial charge in [-0.1, -0.05) is 36.4 Å². The van der Waals surface area contributed by atoms with E-state index < -0.39 is 0 Å². The van der Waals surface area contributed by atoms with E-state index in [0.717, 1.165) is 22.8 Å². The Hall–Kier alpha value is -2.01. The van der Waals surface area contributed by atoms with Gasteiger partial charge in [-0.25, -0.2) is 0 Å². The zero-order valence-corrected chi connectivity index (χ0v) is 14.3. The largest absolute Gasteiger partial charge is 0.497 e. The van der Waals surface area contributed by atoms with Crippen molar-refractivity contribution >= 4 is 22.6 Å². The highest BCUT2D eigenvalue weighted by Crippen LogP contribution is 2.35. The van der Waals surface area contributed by atoms with Crippen LogP contribution in [0.1, 0.15) is 0 Å². The first kappa shape index (κ1) is 14.9. The monoisotopic (exact) mass is 402 g/mol. The predicted molar refractivity (Wildman–Crippen MR) is 97.7 cm³/mol. The van der Waals surface area contributed by atoms with Crippen LogP contribution in [0.3, 0.4) is 0 Å². The predicted octanol–water partition coefficient (Wildman–Crippen LogP) is 5.76. The average molecular weight is 402 g/mol. The van der Waals surface area contributed by atoms with E-state index in [1.54, 1.807) is 7.11 Å². The van der Waals surface area contributed by atoms with Crippen molar-refractivity contribution in [3.63, 3.8) is 0 Å². The van der Waals surface area contributed by atoms with E-state index in [1.807, 2.05) is 54.6 Å². The summed E-state index contributed by atoms with van der Waals surface area (Å²) in [6.07, 6.45) is 0. The fourth-order valence-corrected chi connectivity index (χ4v) is 2.91. The molecule has 0 unspecified atom stereocenters. The lowest BCUT2D eigenvalue weighted by Gasteiger charge is -2.12. The molecule has 0 saturated heterocycles. The van der Waals surface area contributed by atoms with E-state index in [9.17, 15) is 0 Å². The molecule has 0 bridgehead atoms. The van der Waals surface area contributed by atoms with Gasteiger partial charge in [0.05, 0.1) is 7.11 Å². The molecule has 2 nitrogen and oxygen atoms in total. The quantitative estimate of drug-likeness (QED) is 0.517. The van der Waals surface area contributed by atoms with Crippen molar-refractivity contribution < 1.29 is 9.47 Å². The molecule has 0 aliphatic rings. The van der Waals surface area contributed by atoms with Crippen LogP contribution in [-0.2, 0) is 0 Å². The van der Waals surface area contributed by atoms with Crippen molar-refractivity contribution in [3.05, 3.63) is 76.4 Å². The molecule has 3 heteroatoms. The number of hydrogen-bond donors (Lipinski definition) is 0. The van der Waals surface area contributed by atoms with Crippen molar-refractivity contribution in [2.24, 2.45) is 0 Å². The summed E-state index contributed by atoms with van der Waals surface area (Å²) in [5.41, 5.74) is 2.26. The highest BCUT2D eigenvalue weighted by molar-refractivity contribution is 14.1. The minimum atomic E-state index is 0.791. The van der Waals surface area contributed by atoms with Gasteiger partial charge >= 0.3 is 0 Å². The van der Waals surface area contributed by atoms with Gasteiger partial charge in [0.1, 0.15) is 17.2 Å². The third kappa shape index (κ3) is 3.25. The van der Waals surface area contributed by atoms with E-state index in [-0.39, 0.29) is 0 Å². The molecule has 22 heavy (non-hydrogen) atoms. The standard InChI is InChI=1S/C19H15IO2/c1-21-14-10-12-15(13-11-14)22-19-9-5-3-7-17(19)16-6-2-4-8-18(16)20/h2-13H,1H3. The molecule has 0 aliphatic carbocycles. The fraction of sp³-hybridized carbons (Fsp3) is 0.0526. The third-order valence-corrected chi connectivity index (χ3v) is 4.28. The van der Waals surface area contributed by atoms with Gasteiger partial charge in [-0.2, -0.15) is 0 Å². The van der Waals surface area contributed by atoms with Crippen LogP contribution in [0.2, 0.25) is 0 Å². The maximum atomic E-state index is 6.06. The second-order valence-corrected chi connectivity index (χ2v) is 5.92. The third-order valence-electron chi connectivity index (χ3n) is 3.34. The van der Waals surface area contributed by atoms with Crippen molar-refractivity contribution in [1.82, 2.24) is 0 Å². The summed E-state index contributed by atoms with van der Waals surface area (Å²) in [7, 11) is 1.66. The SMILES string of the molecule is COc1ccc(Oc2ccccc2-c2ccccc2I)cc1. The zero-order chi connectivity index (χ0) is 15.4. The molecule has 0 N–H and O–H groups in total. The van der Waals surface area contributed by atoms with Crippen LogP contribution in [0.25, 0.3) is 11.1 Å². The molecular formula is C19H15IO2. The molecule has 0 spiro atoms. The summed E-state index contributed by atoms with van der Waals surface area (Å²) in [6.45, 7) is 0. The lowest BCUT2D eigenvalue weighted by atomic mass is 10.0. The molecule has 0 saturated carbocycles. The molecule has 0 fully saturated rings. The molecule has 3 aromatic carbocycles. The van der Waals surface area contributed by atoms with Crippen LogP contribution in [0, 0.1) is 3.57 Å². The van der Waals surface area contributed by atoms with Crippen molar-refractivity contribution in [3.8, 4) is 28.4 Å². The summed E-state index contributed by atoms with van der Waals surface area (Å²) in [5, 5.41) is 0. The van der Waals surface area contributed by atoms with Crippen LogP contribution in [0.5, 0.6) is 17.2 Å². The summed E-state index contributed by atoms with van der Waals surface area (Å²) >= 11 is 2.35. The van der Waals surface area contributed by atoms with Gasteiger partial charge in [0.2, 0.25) is 0 Å². The minimum absolute atomic E-state index is 0.791. The van der Waals surface area contributed by atoms with Gasteiger partial charge in [0, 0.05) is 9.13 Å². The zero-order valence-electron chi connectivity index (χ0n) is 12.1. The first-order valence-corrected chi connectivity index (χ1v) is 8.01. The van der Waals surface area contributed by atoms with E-state index in [4.69, 9.17) is 9.47 Å². The second kappa shape index (κ2) is 6.83. The van der Waals surface area contributed by atoms with Gasteiger partial charge in [0.15, 0.2) is 0 Å². The molecule has 110 valence electrons. The summed E-state index contributed by atoms with van der Waals surface area (Å²) in [4.78, 5) is 0. The number of methoxy groups -OCH3 is 1. The lowest BCUT2D eigenvalue weighted by molar-refractivity contribution is 0.413. The van der Waals surface area contributed by atoms with Crippen LogP contribution < -0.4 is 9.47 Å². The number of para-hydroxylation sites is 1. The van der Waals surface area contributed by atoms with Gasteiger partial charge in [-0.3, -0.25) is 0 Å². The molecule has 0 aliphatic heterocycles. The highest BCUT2D eigenvalue weighted by atomic mass is 127.